The van der Waals surface area contributed by atoms with Crippen molar-refractivity contribution in [2.24, 2.45) is 11.7 Å². The van der Waals surface area contributed by atoms with Crippen LogP contribution in [0.4, 0.5) is 10.6 Å². The number of likely N-dealkylation sites (tertiary alicyclic amines) is 1. The Hall–Kier alpha value is -4.47. The van der Waals surface area contributed by atoms with Crippen LogP contribution in [0.15, 0.2) is 42.5 Å². The van der Waals surface area contributed by atoms with E-state index in [1.807, 2.05) is 59.3 Å². The van der Waals surface area contributed by atoms with E-state index < -0.39 is 12.0 Å². The Kier molecular flexibility index (Phi) is 7.44. The molecule has 1 unspecified atom stereocenters. The summed E-state index contributed by atoms with van der Waals surface area (Å²) in [6.45, 7) is 1.65. The number of hydrogen-bond acceptors (Lipinski definition) is 6. The van der Waals surface area contributed by atoms with E-state index in [0.717, 1.165) is 30.4 Å². The van der Waals surface area contributed by atoms with Gasteiger partial charge in [0.25, 0.3) is 5.91 Å². The molecular formula is C29H33N5O5. The van der Waals surface area contributed by atoms with Crippen LogP contribution in [0.3, 0.4) is 0 Å². The van der Waals surface area contributed by atoms with E-state index in [1.54, 1.807) is 14.2 Å². The van der Waals surface area contributed by atoms with E-state index in [9.17, 15) is 14.7 Å². The second-order valence-electron chi connectivity index (χ2n) is 9.81. The average Bonchev–Trinajstić information content (AvgIpc) is 3.36. The van der Waals surface area contributed by atoms with Crippen molar-refractivity contribution in [1.82, 2.24) is 14.7 Å². The molecule has 10 heteroatoms. The molecule has 0 radical (unpaired) electrons. The van der Waals surface area contributed by atoms with Crippen LogP contribution in [0.2, 0.25) is 0 Å². The molecule has 0 saturated carbocycles. The van der Waals surface area contributed by atoms with Gasteiger partial charge in [0.05, 0.1) is 25.8 Å². The number of nitrogens with one attached hydrogen (secondary N) is 1. The zero-order valence-corrected chi connectivity index (χ0v) is 22.1. The van der Waals surface area contributed by atoms with Gasteiger partial charge in [-0.05, 0) is 49.0 Å². The highest BCUT2D eigenvalue weighted by atomic mass is 16.5. The number of methoxy groups -OCH3 is 2. The summed E-state index contributed by atoms with van der Waals surface area (Å²) in [6.07, 6.45) is 5.32. The number of nitrogens with zero attached hydrogens (tertiary/aromatic N) is 3. The summed E-state index contributed by atoms with van der Waals surface area (Å²) in [6, 6.07) is 13.6. The van der Waals surface area contributed by atoms with E-state index in [2.05, 4.69) is 5.32 Å². The Balaban J connectivity index is 1.54. The molecule has 1 atom stereocenters. The molecule has 2 aliphatic heterocycles. The average molecular weight is 532 g/mol. The summed E-state index contributed by atoms with van der Waals surface area (Å²) in [5, 5.41) is 17.6. The fourth-order valence-corrected chi connectivity index (χ4v) is 5.63. The van der Waals surface area contributed by atoms with Crippen molar-refractivity contribution in [2.75, 3.05) is 39.2 Å². The van der Waals surface area contributed by atoms with Crippen molar-refractivity contribution < 1.29 is 24.2 Å². The largest absolute Gasteiger partial charge is 0.496 e. The number of ether oxygens (including phenoxy) is 2. The Labute approximate surface area is 227 Å². The highest BCUT2D eigenvalue weighted by Crippen LogP contribution is 2.42. The van der Waals surface area contributed by atoms with Gasteiger partial charge in [0.2, 0.25) is 0 Å². The topological polar surface area (TPSA) is 132 Å². The minimum Gasteiger partial charge on any atom is -0.496 e. The first-order valence-corrected chi connectivity index (χ1v) is 13.0. The second-order valence-corrected chi connectivity index (χ2v) is 9.81. The van der Waals surface area contributed by atoms with Crippen molar-refractivity contribution >= 4 is 30.0 Å². The van der Waals surface area contributed by atoms with Gasteiger partial charge >= 0.3 is 6.09 Å². The van der Waals surface area contributed by atoms with Gasteiger partial charge in [-0.1, -0.05) is 36.4 Å². The summed E-state index contributed by atoms with van der Waals surface area (Å²) < 4.78 is 13.3. The van der Waals surface area contributed by atoms with E-state index in [-0.39, 0.29) is 12.0 Å². The normalized spacial score (nSPS) is 17.5. The number of carbonyl (C=O) groups is 2. The summed E-state index contributed by atoms with van der Waals surface area (Å²) in [5.41, 5.74) is 9.12. The molecule has 3 aromatic rings. The lowest BCUT2D eigenvalue weighted by molar-refractivity contribution is 0.0998. The number of fused-ring (bicyclic) bond motifs is 1. The molecule has 1 fully saturated rings. The van der Waals surface area contributed by atoms with Gasteiger partial charge < -0.3 is 30.5 Å². The molecule has 0 aliphatic carbocycles. The maximum atomic E-state index is 12.7. The lowest BCUT2D eigenvalue weighted by Gasteiger charge is -2.37. The maximum absolute atomic E-state index is 12.7. The smallest absolute Gasteiger partial charge is 0.407 e. The van der Waals surface area contributed by atoms with Crippen LogP contribution in [0, 0.1) is 5.92 Å². The van der Waals surface area contributed by atoms with Crippen LogP contribution in [-0.4, -0.2) is 65.6 Å². The highest BCUT2D eigenvalue weighted by molar-refractivity contribution is 6.04. The molecule has 2 aromatic carbocycles. The number of rotatable bonds is 7. The standard InChI is InChI=1S/C29H33N5O5/c1-38-23-16-20(17-24(39-2)21(23)9-8-18-6-4-3-5-7-18)26-25(27(30)35)28-31-13-10-22(34(28)32-26)19-11-14-33(15-12-19)29(36)37/h3-9,16-17,19,22,31H,10-15H2,1-2H3,(H2,30,35)(H,36,37). The molecule has 0 bridgehead atoms. The molecular weight excluding hydrogens is 498 g/mol. The fourth-order valence-electron chi connectivity index (χ4n) is 5.63. The molecule has 39 heavy (non-hydrogen) atoms. The summed E-state index contributed by atoms with van der Waals surface area (Å²) in [5.74, 6) is 1.41. The third-order valence-electron chi connectivity index (χ3n) is 7.62. The van der Waals surface area contributed by atoms with Crippen LogP contribution in [0.25, 0.3) is 23.4 Å². The number of aromatic nitrogens is 2. The molecule has 1 saturated heterocycles. The highest BCUT2D eigenvalue weighted by Gasteiger charge is 2.36. The number of carbonyl (C=O) groups excluding carboxylic acids is 1. The molecule has 3 heterocycles. The molecule has 5 rings (SSSR count). The van der Waals surface area contributed by atoms with Crippen LogP contribution >= 0.6 is 0 Å². The molecule has 1 aromatic heterocycles. The SMILES string of the molecule is COc1cc(-c2nn3c(c2C(N)=O)NCCC3C2CCN(C(=O)O)CC2)cc(OC)c1C=Cc1ccccc1. The van der Waals surface area contributed by atoms with Crippen LogP contribution < -0.4 is 20.5 Å². The van der Waals surface area contributed by atoms with Gasteiger partial charge in [-0.25, -0.2) is 9.48 Å². The quantitative estimate of drug-likeness (QED) is 0.380. The van der Waals surface area contributed by atoms with Gasteiger partial charge in [0.1, 0.15) is 28.6 Å². The van der Waals surface area contributed by atoms with E-state index in [0.29, 0.717) is 53.8 Å². The molecule has 10 nitrogen and oxygen atoms in total. The van der Waals surface area contributed by atoms with Crippen molar-refractivity contribution in [3.05, 3.63) is 59.2 Å². The first kappa shape index (κ1) is 26.1. The Bertz CT molecular complexity index is 1370. The number of anilines is 1. The van der Waals surface area contributed by atoms with Crippen molar-refractivity contribution in [1.29, 1.82) is 0 Å². The molecule has 2 aliphatic rings. The number of carboxylic acid groups (broad SMARTS) is 1. The zero-order chi connectivity index (χ0) is 27.5. The first-order valence-electron chi connectivity index (χ1n) is 13.0. The maximum Gasteiger partial charge on any atom is 0.407 e. The van der Waals surface area contributed by atoms with Crippen LogP contribution in [-0.2, 0) is 0 Å². The van der Waals surface area contributed by atoms with Gasteiger partial charge in [-0.2, -0.15) is 5.10 Å². The third kappa shape index (κ3) is 5.14. The number of hydrogen-bond donors (Lipinski definition) is 3. The predicted molar refractivity (Wildman–Crippen MR) is 149 cm³/mol. The number of benzene rings is 2. The summed E-state index contributed by atoms with van der Waals surface area (Å²) >= 11 is 0. The number of piperidine rings is 1. The van der Waals surface area contributed by atoms with Crippen molar-refractivity contribution in [3.63, 3.8) is 0 Å². The zero-order valence-electron chi connectivity index (χ0n) is 22.1. The van der Waals surface area contributed by atoms with Crippen LogP contribution in [0.5, 0.6) is 11.5 Å². The van der Waals surface area contributed by atoms with Gasteiger partial charge in [0, 0.05) is 25.2 Å². The summed E-state index contributed by atoms with van der Waals surface area (Å²) in [4.78, 5) is 25.6. The first-order chi connectivity index (χ1) is 18.9. The van der Waals surface area contributed by atoms with Gasteiger partial charge in [-0.15, -0.1) is 0 Å². The van der Waals surface area contributed by atoms with Gasteiger partial charge in [-0.3, -0.25) is 4.79 Å². The predicted octanol–water partition coefficient (Wildman–Crippen LogP) is 4.58. The third-order valence-corrected chi connectivity index (χ3v) is 7.62. The van der Waals surface area contributed by atoms with E-state index >= 15 is 0 Å². The number of nitrogens with two attached hydrogens (primary N) is 1. The lowest BCUT2D eigenvalue weighted by atomic mass is 9.87. The second kappa shape index (κ2) is 11.1. The van der Waals surface area contributed by atoms with Crippen molar-refractivity contribution in [3.8, 4) is 22.8 Å². The minimum absolute atomic E-state index is 0.0286. The minimum atomic E-state index is -0.887. The Morgan fingerprint density at radius 3 is 2.31 bits per heavy atom. The fraction of sp³-hybridized carbons (Fsp3) is 0.345. The van der Waals surface area contributed by atoms with E-state index in [4.69, 9.17) is 20.3 Å². The molecule has 0 spiro atoms. The molecule has 2 amide bonds. The summed E-state index contributed by atoms with van der Waals surface area (Å²) in [7, 11) is 3.18. The van der Waals surface area contributed by atoms with Crippen LogP contribution in [0.1, 0.15) is 46.8 Å². The van der Waals surface area contributed by atoms with E-state index in [1.165, 1.54) is 4.90 Å². The molecule has 4 N–H and O–H groups in total. The Morgan fingerprint density at radius 1 is 1.05 bits per heavy atom. The number of amides is 2. The lowest BCUT2D eigenvalue weighted by Crippen LogP contribution is -2.41. The molecule has 204 valence electrons. The van der Waals surface area contributed by atoms with Gasteiger partial charge in [0.15, 0.2) is 0 Å². The van der Waals surface area contributed by atoms with Crippen molar-refractivity contribution in [2.45, 2.75) is 25.3 Å². The number of primary amides is 1. The Morgan fingerprint density at radius 2 is 1.72 bits per heavy atom. The monoisotopic (exact) mass is 531 g/mol.